The summed E-state index contributed by atoms with van der Waals surface area (Å²) in [7, 11) is -1.45. The fourth-order valence-corrected chi connectivity index (χ4v) is 2.30. The lowest BCUT2D eigenvalue weighted by Crippen LogP contribution is -2.11. The van der Waals surface area contributed by atoms with Crippen LogP contribution in [0.2, 0.25) is 0 Å². The molecule has 0 fully saturated rings. The molecule has 0 saturated carbocycles. The highest BCUT2D eigenvalue weighted by molar-refractivity contribution is 7.91. The number of hydrogen-bond donors (Lipinski definition) is 0. The molecule has 0 aliphatic heterocycles. The van der Waals surface area contributed by atoms with Gasteiger partial charge >= 0.3 is 0 Å². The Bertz CT molecular complexity index is 560. The Labute approximate surface area is 113 Å². The maximum Gasteiger partial charge on any atom is 0.150 e. The molecule has 0 aromatic heterocycles. The van der Waals surface area contributed by atoms with Crippen molar-refractivity contribution in [3.63, 3.8) is 0 Å². The highest BCUT2D eigenvalue weighted by atomic mass is 32.2. The van der Waals surface area contributed by atoms with Crippen LogP contribution in [0.1, 0.15) is 18.9 Å². The molecule has 0 spiro atoms. The van der Waals surface area contributed by atoms with Gasteiger partial charge in [0.1, 0.15) is 21.3 Å². The molecule has 0 amide bonds. The molecule has 0 bridgehead atoms. The molecule has 1 rings (SSSR count). The van der Waals surface area contributed by atoms with Gasteiger partial charge in [-0.1, -0.05) is 6.92 Å². The Kier molecular flexibility index (Phi) is 5.64. The van der Waals surface area contributed by atoms with Gasteiger partial charge in [0.25, 0.3) is 0 Å². The summed E-state index contributed by atoms with van der Waals surface area (Å²) in [4.78, 5) is 0. The SMILES string of the molecule is CCS(=O)(=O)CCCOc1cc(C#N)cc(OC)c1. The highest BCUT2D eigenvalue weighted by Crippen LogP contribution is 2.22. The van der Waals surface area contributed by atoms with Crippen LogP contribution in [0.4, 0.5) is 0 Å². The van der Waals surface area contributed by atoms with E-state index >= 15 is 0 Å². The summed E-state index contributed by atoms with van der Waals surface area (Å²) in [6.45, 7) is 1.91. The van der Waals surface area contributed by atoms with Crippen LogP contribution in [0.3, 0.4) is 0 Å². The predicted molar refractivity (Wildman–Crippen MR) is 72.1 cm³/mol. The fourth-order valence-electron chi connectivity index (χ4n) is 1.45. The zero-order chi connectivity index (χ0) is 14.3. The van der Waals surface area contributed by atoms with E-state index in [2.05, 4.69) is 0 Å². The Morgan fingerprint density at radius 2 is 1.95 bits per heavy atom. The Morgan fingerprint density at radius 3 is 2.53 bits per heavy atom. The van der Waals surface area contributed by atoms with Crippen molar-refractivity contribution in [2.45, 2.75) is 13.3 Å². The average Bonchev–Trinajstić information content (AvgIpc) is 2.43. The molecule has 0 radical (unpaired) electrons. The molecule has 1 aromatic rings. The molecule has 6 heteroatoms. The largest absolute Gasteiger partial charge is 0.497 e. The lowest BCUT2D eigenvalue weighted by molar-refractivity contribution is 0.315. The van der Waals surface area contributed by atoms with Crippen LogP contribution < -0.4 is 9.47 Å². The summed E-state index contributed by atoms with van der Waals surface area (Å²) < 4.78 is 33.1. The van der Waals surface area contributed by atoms with E-state index in [4.69, 9.17) is 14.7 Å². The van der Waals surface area contributed by atoms with Crippen LogP contribution >= 0.6 is 0 Å². The van der Waals surface area contributed by atoms with Gasteiger partial charge in [-0.25, -0.2) is 8.42 Å². The number of benzene rings is 1. The highest BCUT2D eigenvalue weighted by Gasteiger charge is 2.07. The van der Waals surface area contributed by atoms with Gasteiger partial charge in [0.15, 0.2) is 0 Å². The third kappa shape index (κ3) is 5.18. The molecule has 0 N–H and O–H groups in total. The zero-order valence-electron chi connectivity index (χ0n) is 11.0. The first-order valence-electron chi connectivity index (χ1n) is 5.93. The molecule has 19 heavy (non-hydrogen) atoms. The Hall–Kier alpha value is -1.74. The minimum Gasteiger partial charge on any atom is -0.497 e. The minimum atomic E-state index is -2.96. The molecular formula is C13H17NO4S. The summed E-state index contributed by atoms with van der Waals surface area (Å²) in [6, 6.07) is 6.87. The van der Waals surface area contributed by atoms with Crippen LogP contribution in [0, 0.1) is 11.3 Å². The average molecular weight is 283 g/mol. The maximum absolute atomic E-state index is 11.3. The first-order chi connectivity index (χ1) is 9.00. The van der Waals surface area contributed by atoms with Crippen molar-refractivity contribution < 1.29 is 17.9 Å². The van der Waals surface area contributed by atoms with Gasteiger partial charge in [0.05, 0.1) is 31.1 Å². The van der Waals surface area contributed by atoms with Crippen LogP contribution in [0.5, 0.6) is 11.5 Å². The second kappa shape index (κ2) is 7.00. The molecule has 0 aliphatic carbocycles. The number of methoxy groups -OCH3 is 1. The smallest absolute Gasteiger partial charge is 0.150 e. The lowest BCUT2D eigenvalue weighted by Gasteiger charge is -2.08. The van der Waals surface area contributed by atoms with Crippen LogP contribution in [0.15, 0.2) is 18.2 Å². The summed E-state index contributed by atoms with van der Waals surface area (Å²) in [5, 5.41) is 8.85. The van der Waals surface area contributed by atoms with E-state index in [9.17, 15) is 8.42 Å². The van der Waals surface area contributed by atoms with Gasteiger partial charge in [-0.2, -0.15) is 5.26 Å². The van der Waals surface area contributed by atoms with Gasteiger partial charge in [-0.3, -0.25) is 0 Å². The molecule has 0 heterocycles. The van der Waals surface area contributed by atoms with E-state index in [1.807, 2.05) is 6.07 Å². The Balaban J connectivity index is 2.56. The predicted octanol–water partition coefficient (Wildman–Crippen LogP) is 1.77. The monoisotopic (exact) mass is 283 g/mol. The van der Waals surface area contributed by atoms with Crippen LogP contribution in [-0.2, 0) is 9.84 Å². The summed E-state index contributed by atoms with van der Waals surface area (Å²) in [5.74, 6) is 1.29. The lowest BCUT2D eigenvalue weighted by atomic mass is 10.2. The zero-order valence-corrected chi connectivity index (χ0v) is 11.9. The minimum absolute atomic E-state index is 0.110. The van der Waals surface area contributed by atoms with Gasteiger partial charge in [0.2, 0.25) is 0 Å². The third-order valence-corrected chi connectivity index (χ3v) is 4.34. The van der Waals surface area contributed by atoms with Crippen molar-refractivity contribution in [1.29, 1.82) is 5.26 Å². The molecule has 5 nitrogen and oxygen atoms in total. The van der Waals surface area contributed by atoms with E-state index in [0.717, 1.165) is 0 Å². The van der Waals surface area contributed by atoms with E-state index < -0.39 is 9.84 Å². The quantitative estimate of drug-likeness (QED) is 0.713. The normalized spacial score (nSPS) is 10.8. The number of nitrogens with zero attached hydrogens (tertiary/aromatic N) is 1. The van der Waals surface area contributed by atoms with Gasteiger partial charge in [-0.05, 0) is 18.6 Å². The summed E-state index contributed by atoms with van der Waals surface area (Å²) in [6.07, 6.45) is 0.426. The molecular weight excluding hydrogens is 266 g/mol. The van der Waals surface area contributed by atoms with Crippen molar-refractivity contribution in [2.75, 3.05) is 25.2 Å². The van der Waals surface area contributed by atoms with E-state index in [1.165, 1.54) is 7.11 Å². The second-order valence-electron chi connectivity index (χ2n) is 3.95. The van der Waals surface area contributed by atoms with E-state index in [1.54, 1.807) is 25.1 Å². The van der Waals surface area contributed by atoms with Crippen molar-refractivity contribution >= 4 is 9.84 Å². The standard InChI is InChI=1S/C13H17NO4S/c1-3-19(15,16)6-4-5-18-13-8-11(10-14)7-12(9-13)17-2/h7-9H,3-6H2,1-2H3. The summed E-state index contributed by atoms with van der Waals surface area (Å²) in [5.41, 5.74) is 0.440. The van der Waals surface area contributed by atoms with Crippen molar-refractivity contribution in [2.24, 2.45) is 0 Å². The first-order valence-corrected chi connectivity index (χ1v) is 7.75. The number of rotatable bonds is 7. The molecule has 0 unspecified atom stereocenters. The fraction of sp³-hybridized carbons (Fsp3) is 0.462. The molecule has 104 valence electrons. The number of ether oxygens (including phenoxy) is 2. The van der Waals surface area contributed by atoms with Crippen LogP contribution in [-0.4, -0.2) is 33.6 Å². The van der Waals surface area contributed by atoms with Gasteiger partial charge in [0, 0.05) is 11.8 Å². The van der Waals surface area contributed by atoms with E-state index in [0.29, 0.717) is 23.5 Å². The molecule has 0 atom stereocenters. The first kappa shape index (κ1) is 15.3. The molecule has 0 aliphatic rings. The van der Waals surface area contributed by atoms with Crippen molar-refractivity contribution in [1.82, 2.24) is 0 Å². The van der Waals surface area contributed by atoms with Gasteiger partial charge in [-0.15, -0.1) is 0 Å². The summed E-state index contributed by atoms with van der Waals surface area (Å²) >= 11 is 0. The van der Waals surface area contributed by atoms with Crippen molar-refractivity contribution in [3.8, 4) is 17.6 Å². The van der Waals surface area contributed by atoms with E-state index in [-0.39, 0.29) is 18.1 Å². The Morgan fingerprint density at radius 1 is 1.26 bits per heavy atom. The number of nitriles is 1. The number of hydrogen-bond acceptors (Lipinski definition) is 5. The molecule has 1 aromatic carbocycles. The van der Waals surface area contributed by atoms with Gasteiger partial charge < -0.3 is 9.47 Å². The number of sulfone groups is 1. The second-order valence-corrected chi connectivity index (χ2v) is 6.42. The molecule has 0 saturated heterocycles. The van der Waals surface area contributed by atoms with Crippen LogP contribution in [0.25, 0.3) is 0 Å². The third-order valence-electron chi connectivity index (χ3n) is 2.55. The maximum atomic E-state index is 11.3. The topological polar surface area (TPSA) is 76.4 Å². The van der Waals surface area contributed by atoms with Crippen molar-refractivity contribution in [3.05, 3.63) is 23.8 Å².